The van der Waals surface area contributed by atoms with Crippen LogP contribution in [0.5, 0.6) is 0 Å². The van der Waals surface area contributed by atoms with Crippen LogP contribution in [0.1, 0.15) is 23.0 Å². The highest BCUT2D eigenvalue weighted by molar-refractivity contribution is 9.10. The monoisotopic (exact) mass is 314 g/mol. The first-order valence-corrected chi connectivity index (χ1v) is 7.00. The molecule has 0 amide bonds. The number of hydrogen-bond donors (Lipinski definition) is 1. The molecule has 0 spiro atoms. The van der Waals surface area contributed by atoms with Gasteiger partial charge in [0.05, 0.1) is 6.10 Å². The number of aliphatic hydroxyl groups is 1. The minimum absolute atomic E-state index is 0.351. The zero-order valence-electron chi connectivity index (χ0n) is 9.07. The Hall–Kier alpha value is -0.710. The lowest BCUT2D eigenvalue weighted by molar-refractivity contribution is 0.162. The summed E-state index contributed by atoms with van der Waals surface area (Å²) >= 11 is 4.92. The van der Waals surface area contributed by atoms with E-state index in [1.54, 1.807) is 23.5 Å². The van der Waals surface area contributed by atoms with Crippen molar-refractivity contribution in [1.29, 1.82) is 0 Å². The van der Waals surface area contributed by atoms with Gasteiger partial charge in [-0.05, 0) is 36.4 Å². The summed E-state index contributed by atoms with van der Waals surface area (Å²) < 4.78 is 14.2. The Kier molecular flexibility index (Phi) is 4.31. The van der Waals surface area contributed by atoms with Crippen LogP contribution in [0, 0.1) is 5.82 Å². The molecule has 1 aromatic heterocycles. The van der Waals surface area contributed by atoms with Crippen LogP contribution < -0.4 is 0 Å². The third kappa shape index (κ3) is 3.15. The summed E-state index contributed by atoms with van der Waals surface area (Å²) in [6.07, 6.45) is 0.521. The fourth-order valence-electron chi connectivity index (χ4n) is 1.71. The molecule has 1 atom stereocenters. The molecule has 0 saturated heterocycles. The van der Waals surface area contributed by atoms with E-state index >= 15 is 0 Å². The Morgan fingerprint density at radius 3 is 2.76 bits per heavy atom. The van der Waals surface area contributed by atoms with Gasteiger partial charge in [0, 0.05) is 14.9 Å². The molecule has 0 aliphatic heterocycles. The average molecular weight is 315 g/mol. The van der Waals surface area contributed by atoms with E-state index in [1.807, 2.05) is 17.5 Å². The summed E-state index contributed by atoms with van der Waals surface area (Å²) in [5.41, 5.74) is 0.351. The van der Waals surface area contributed by atoms with E-state index in [1.165, 1.54) is 10.9 Å². The van der Waals surface area contributed by atoms with Crippen LogP contribution in [0.15, 0.2) is 40.2 Å². The molecule has 17 heavy (non-hydrogen) atoms. The molecular formula is C13H12BrFOS. The van der Waals surface area contributed by atoms with Gasteiger partial charge in [-0.3, -0.25) is 0 Å². The van der Waals surface area contributed by atoms with Gasteiger partial charge >= 0.3 is 0 Å². The lowest BCUT2D eigenvalue weighted by Gasteiger charge is -2.13. The molecule has 1 heterocycles. The molecule has 0 aliphatic carbocycles. The molecule has 2 aromatic rings. The molecule has 90 valence electrons. The number of aryl methyl sites for hydroxylation is 1. The van der Waals surface area contributed by atoms with Crippen LogP contribution in [-0.4, -0.2) is 5.11 Å². The maximum Gasteiger partial charge on any atom is 0.130 e. The first kappa shape index (κ1) is 12.7. The van der Waals surface area contributed by atoms with Gasteiger partial charge in [0.1, 0.15) is 5.82 Å². The molecule has 1 unspecified atom stereocenters. The molecule has 1 N–H and O–H groups in total. The molecule has 0 fully saturated rings. The van der Waals surface area contributed by atoms with Gasteiger partial charge in [0.2, 0.25) is 0 Å². The van der Waals surface area contributed by atoms with Crippen molar-refractivity contribution in [3.63, 3.8) is 0 Å². The summed E-state index contributed by atoms with van der Waals surface area (Å²) in [4.78, 5) is 1.21. The summed E-state index contributed by atoms with van der Waals surface area (Å²) in [7, 11) is 0. The predicted octanol–water partition coefficient (Wildman–Crippen LogP) is 4.32. The van der Waals surface area contributed by atoms with Crippen molar-refractivity contribution in [2.24, 2.45) is 0 Å². The quantitative estimate of drug-likeness (QED) is 0.891. The smallest absolute Gasteiger partial charge is 0.130 e. The maximum absolute atomic E-state index is 13.6. The summed E-state index contributed by atoms with van der Waals surface area (Å²) in [6, 6.07) is 8.73. The lowest BCUT2D eigenvalue weighted by atomic mass is 10.0. The Labute approximate surface area is 112 Å². The molecular weight excluding hydrogens is 303 g/mol. The fourth-order valence-corrected chi connectivity index (χ4v) is 3.04. The standard InChI is InChI=1S/C13H12BrFOS/c14-10-4-1-5-11(15)13(10)12(16)7-6-9-3-2-8-17-9/h1-5,8,12,16H,6-7H2. The summed E-state index contributed by atoms with van der Waals surface area (Å²) in [5, 5.41) is 12.0. The third-order valence-corrected chi connectivity index (χ3v) is 4.20. The van der Waals surface area contributed by atoms with Crippen LogP contribution in [-0.2, 0) is 6.42 Å². The van der Waals surface area contributed by atoms with Crippen LogP contribution in [0.2, 0.25) is 0 Å². The number of thiophene rings is 1. The normalized spacial score (nSPS) is 12.6. The molecule has 2 rings (SSSR count). The number of benzene rings is 1. The van der Waals surface area contributed by atoms with Gasteiger partial charge in [-0.1, -0.05) is 28.1 Å². The van der Waals surface area contributed by atoms with Crippen LogP contribution >= 0.6 is 27.3 Å². The van der Waals surface area contributed by atoms with Crippen molar-refractivity contribution in [2.75, 3.05) is 0 Å². The highest BCUT2D eigenvalue weighted by atomic mass is 79.9. The van der Waals surface area contributed by atoms with E-state index in [9.17, 15) is 9.50 Å². The van der Waals surface area contributed by atoms with E-state index in [2.05, 4.69) is 15.9 Å². The third-order valence-electron chi connectivity index (χ3n) is 2.58. The van der Waals surface area contributed by atoms with Gasteiger partial charge in [0.15, 0.2) is 0 Å². The highest BCUT2D eigenvalue weighted by Gasteiger charge is 2.16. The average Bonchev–Trinajstić information content (AvgIpc) is 2.79. The number of rotatable bonds is 4. The zero-order valence-corrected chi connectivity index (χ0v) is 11.5. The first-order valence-electron chi connectivity index (χ1n) is 5.33. The van der Waals surface area contributed by atoms with E-state index in [0.717, 1.165) is 6.42 Å². The minimum atomic E-state index is -0.771. The molecule has 0 radical (unpaired) electrons. The number of hydrogen-bond acceptors (Lipinski definition) is 2. The highest BCUT2D eigenvalue weighted by Crippen LogP contribution is 2.29. The minimum Gasteiger partial charge on any atom is -0.388 e. The predicted molar refractivity (Wildman–Crippen MR) is 71.7 cm³/mol. The first-order chi connectivity index (χ1) is 8.18. The fraction of sp³-hybridized carbons (Fsp3) is 0.231. The Bertz CT molecular complexity index is 464. The molecule has 1 nitrogen and oxygen atoms in total. The number of halogens is 2. The van der Waals surface area contributed by atoms with Crippen molar-refractivity contribution >= 4 is 27.3 Å². The van der Waals surface area contributed by atoms with Crippen molar-refractivity contribution in [1.82, 2.24) is 0 Å². The SMILES string of the molecule is OC(CCc1cccs1)c1c(F)cccc1Br. The molecule has 0 bridgehead atoms. The van der Waals surface area contributed by atoms with Gasteiger partial charge in [0.25, 0.3) is 0 Å². The maximum atomic E-state index is 13.6. The van der Waals surface area contributed by atoms with Crippen molar-refractivity contribution in [2.45, 2.75) is 18.9 Å². The van der Waals surface area contributed by atoms with Crippen LogP contribution in [0.4, 0.5) is 4.39 Å². The Morgan fingerprint density at radius 2 is 2.12 bits per heavy atom. The Balaban J connectivity index is 2.07. The zero-order chi connectivity index (χ0) is 12.3. The second-order valence-electron chi connectivity index (χ2n) is 3.77. The second kappa shape index (κ2) is 5.76. The van der Waals surface area contributed by atoms with E-state index < -0.39 is 6.10 Å². The Morgan fingerprint density at radius 1 is 1.29 bits per heavy atom. The van der Waals surface area contributed by atoms with Gasteiger partial charge < -0.3 is 5.11 Å². The topological polar surface area (TPSA) is 20.2 Å². The van der Waals surface area contributed by atoms with E-state index in [-0.39, 0.29) is 5.82 Å². The molecule has 0 aliphatic rings. The van der Waals surface area contributed by atoms with E-state index in [0.29, 0.717) is 16.5 Å². The second-order valence-corrected chi connectivity index (χ2v) is 5.66. The lowest BCUT2D eigenvalue weighted by Crippen LogP contribution is -2.03. The van der Waals surface area contributed by atoms with Crippen LogP contribution in [0.25, 0.3) is 0 Å². The van der Waals surface area contributed by atoms with Crippen LogP contribution in [0.3, 0.4) is 0 Å². The molecule has 0 saturated carbocycles. The molecule has 4 heteroatoms. The number of aliphatic hydroxyl groups excluding tert-OH is 1. The summed E-state index contributed by atoms with van der Waals surface area (Å²) in [6.45, 7) is 0. The van der Waals surface area contributed by atoms with Gasteiger partial charge in [-0.15, -0.1) is 11.3 Å². The summed E-state index contributed by atoms with van der Waals surface area (Å²) in [5.74, 6) is -0.363. The van der Waals surface area contributed by atoms with Crippen molar-refractivity contribution in [3.8, 4) is 0 Å². The van der Waals surface area contributed by atoms with E-state index in [4.69, 9.17) is 0 Å². The van der Waals surface area contributed by atoms with Crippen molar-refractivity contribution in [3.05, 3.63) is 56.4 Å². The van der Waals surface area contributed by atoms with Crippen molar-refractivity contribution < 1.29 is 9.50 Å². The largest absolute Gasteiger partial charge is 0.388 e. The van der Waals surface area contributed by atoms with Gasteiger partial charge in [-0.2, -0.15) is 0 Å². The van der Waals surface area contributed by atoms with Gasteiger partial charge in [-0.25, -0.2) is 4.39 Å². The molecule has 1 aromatic carbocycles.